The van der Waals surface area contributed by atoms with Gasteiger partial charge in [-0.2, -0.15) is 5.10 Å². The van der Waals surface area contributed by atoms with Crippen LogP contribution in [0.15, 0.2) is 58.6 Å². The SMILES string of the molecule is Cc1ccc(-n2ncc3c(=O)n4c(nc32)SCC4CC(=O)Nc2cc(Cl)ccc2Cl)cc1. The summed E-state index contributed by atoms with van der Waals surface area (Å²) in [5.74, 6) is 0.318. The Labute approximate surface area is 197 Å². The third-order valence-electron chi connectivity index (χ3n) is 5.27. The van der Waals surface area contributed by atoms with Crippen molar-refractivity contribution in [3.8, 4) is 5.69 Å². The first-order valence-corrected chi connectivity index (χ1v) is 11.6. The number of thioether (sulfide) groups is 1. The van der Waals surface area contributed by atoms with Crippen molar-refractivity contribution in [2.45, 2.75) is 24.5 Å². The Kier molecular flexibility index (Phi) is 5.44. The fraction of sp³-hybridized carbons (Fsp3) is 0.182. The third kappa shape index (κ3) is 3.79. The van der Waals surface area contributed by atoms with E-state index in [4.69, 9.17) is 28.2 Å². The minimum atomic E-state index is -0.319. The van der Waals surface area contributed by atoms with Gasteiger partial charge in [0.2, 0.25) is 5.91 Å². The number of aromatic nitrogens is 4. The Bertz CT molecular complexity index is 1410. The number of anilines is 1. The lowest BCUT2D eigenvalue weighted by Crippen LogP contribution is -2.27. The van der Waals surface area contributed by atoms with Crippen LogP contribution in [0.1, 0.15) is 18.0 Å². The molecule has 1 aliphatic rings. The summed E-state index contributed by atoms with van der Waals surface area (Å²) in [6.45, 7) is 2.01. The highest BCUT2D eigenvalue weighted by atomic mass is 35.5. The topological polar surface area (TPSA) is 81.8 Å². The summed E-state index contributed by atoms with van der Waals surface area (Å²) in [6.07, 6.45) is 1.64. The van der Waals surface area contributed by atoms with Crippen LogP contribution in [0.25, 0.3) is 16.7 Å². The molecule has 7 nitrogen and oxygen atoms in total. The first-order valence-electron chi connectivity index (χ1n) is 9.86. The second-order valence-electron chi connectivity index (χ2n) is 7.54. The molecule has 10 heteroatoms. The molecule has 1 N–H and O–H groups in total. The molecular weight excluding hydrogens is 469 g/mol. The standard InChI is InChI=1S/C22H17Cl2N5O2S/c1-12-2-5-14(6-3-12)29-20-16(10-25-29)21(31)28-15(11-32-22(28)27-20)9-19(30)26-18-8-13(23)4-7-17(18)24/h2-8,10,15H,9,11H2,1H3,(H,26,30). The number of hydrogen-bond donors (Lipinski definition) is 1. The lowest BCUT2D eigenvalue weighted by molar-refractivity contribution is -0.116. The van der Waals surface area contributed by atoms with Gasteiger partial charge in [-0.3, -0.25) is 14.2 Å². The number of hydrogen-bond acceptors (Lipinski definition) is 5. The van der Waals surface area contributed by atoms with Crippen molar-refractivity contribution >= 4 is 57.6 Å². The van der Waals surface area contributed by atoms with E-state index in [9.17, 15) is 9.59 Å². The molecule has 5 rings (SSSR count). The molecule has 1 aliphatic heterocycles. The van der Waals surface area contributed by atoms with Crippen LogP contribution in [0.4, 0.5) is 5.69 Å². The zero-order valence-corrected chi connectivity index (χ0v) is 19.2. The highest BCUT2D eigenvalue weighted by Gasteiger charge is 2.29. The van der Waals surface area contributed by atoms with Crippen LogP contribution in [-0.4, -0.2) is 31.0 Å². The number of nitrogens with one attached hydrogen (secondary N) is 1. The molecule has 0 radical (unpaired) electrons. The van der Waals surface area contributed by atoms with Crippen LogP contribution < -0.4 is 10.9 Å². The summed E-state index contributed by atoms with van der Waals surface area (Å²) in [5.41, 5.74) is 2.71. The molecule has 1 atom stereocenters. The fourth-order valence-corrected chi connectivity index (χ4v) is 5.13. The molecule has 0 fully saturated rings. The van der Waals surface area contributed by atoms with Crippen molar-refractivity contribution < 1.29 is 4.79 Å². The molecule has 1 unspecified atom stereocenters. The van der Waals surface area contributed by atoms with Crippen LogP contribution in [0.2, 0.25) is 10.0 Å². The molecule has 0 saturated carbocycles. The third-order valence-corrected chi connectivity index (χ3v) is 6.93. The predicted molar refractivity (Wildman–Crippen MR) is 127 cm³/mol. The summed E-state index contributed by atoms with van der Waals surface area (Å²) in [6, 6.07) is 12.4. The Morgan fingerprint density at radius 2 is 2.00 bits per heavy atom. The normalized spacial score (nSPS) is 15.2. The monoisotopic (exact) mass is 485 g/mol. The van der Waals surface area contributed by atoms with Crippen LogP contribution in [0.5, 0.6) is 0 Å². The second-order valence-corrected chi connectivity index (χ2v) is 9.37. The van der Waals surface area contributed by atoms with Crippen LogP contribution >= 0.6 is 35.0 Å². The average molecular weight is 486 g/mol. The minimum absolute atomic E-state index is 0.113. The van der Waals surface area contributed by atoms with Crippen molar-refractivity contribution in [2.75, 3.05) is 11.1 Å². The zero-order valence-electron chi connectivity index (χ0n) is 16.9. The van der Waals surface area contributed by atoms with Gasteiger partial charge >= 0.3 is 0 Å². The largest absolute Gasteiger partial charge is 0.325 e. The van der Waals surface area contributed by atoms with E-state index in [1.165, 1.54) is 18.0 Å². The summed E-state index contributed by atoms with van der Waals surface area (Å²) < 4.78 is 3.26. The van der Waals surface area contributed by atoms with Gasteiger partial charge in [-0.25, -0.2) is 9.67 Å². The van der Waals surface area contributed by atoms with Crippen LogP contribution in [0.3, 0.4) is 0 Å². The van der Waals surface area contributed by atoms with Gasteiger partial charge in [0.15, 0.2) is 10.8 Å². The number of nitrogens with zero attached hydrogens (tertiary/aromatic N) is 4. The fourth-order valence-electron chi connectivity index (χ4n) is 3.66. The van der Waals surface area contributed by atoms with Gasteiger partial charge in [-0.15, -0.1) is 0 Å². The molecule has 1 amide bonds. The molecule has 32 heavy (non-hydrogen) atoms. The Morgan fingerprint density at radius 3 is 2.78 bits per heavy atom. The molecule has 162 valence electrons. The predicted octanol–water partition coefficient (Wildman–Crippen LogP) is 4.87. The summed E-state index contributed by atoms with van der Waals surface area (Å²) in [5, 5.41) is 9.02. The molecule has 2 aromatic heterocycles. The van der Waals surface area contributed by atoms with Gasteiger partial charge in [-0.1, -0.05) is 52.7 Å². The molecule has 2 aromatic carbocycles. The van der Waals surface area contributed by atoms with Gasteiger partial charge in [-0.05, 0) is 37.3 Å². The smallest absolute Gasteiger partial charge is 0.265 e. The molecule has 0 spiro atoms. The highest BCUT2D eigenvalue weighted by molar-refractivity contribution is 7.99. The summed E-state index contributed by atoms with van der Waals surface area (Å²) >= 11 is 13.6. The number of rotatable bonds is 4. The minimum Gasteiger partial charge on any atom is -0.325 e. The molecule has 4 aromatic rings. The molecule has 0 bridgehead atoms. The lowest BCUT2D eigenvalue weighted by Gasteiger charge is -2.14. The van der Waals surface area contributed by atoms with Gasteiger partial charge in [0.1, 0.15) is 5.39 Å². The maximum Gasteiger partial charge on any atom is 0.265 e. The quantitative estimate of drug-likeness (QED) is 0.416. The zero-order chi connectivity index (χ0) is 22.4. The number of benzene rings is 2. The summed E-state index contributed by atoms with van der Waals surface area (Å²) in [7, 11) is 0. The lowest BCUT2D eigenvalue weighted by atomic mass is 10.2. The maximum atomic E-state index is 13.3. The van der Waals surface area contributed by atoms with E-state index < -0.39 is 0 Å². The van der Waals surface area contributed by atoms with E-state index in [0.29, 0.717) is 37.7 Å². The average Bonchev–Trinajstić information content (AvgIpc) is 3.36. The Balaban J connectivity index is 1.44. The Morgan fingerprint density at radius 1 is 1.22 bits per heavy atom. The highest BCUT2D eigenvalue weighted by Crippen LogP contribution is 2.34. The number of carbonyl (C=O) groups is 1. The molecular formula is C22H17Cl2N5O2S. The van der Waals surface area contributed by atoms with E-state index in [2.05, 4.69) is 10.4 Å². The first-order chi connectivity index (χ1) is 15.4. The van der Waals surface area contributed by atoms with E-state index >= 15 is 0 Å². The van der Waals surface area contributed by atoms with Crippen LogP contribution in [-0.2, 0) is 4.79 Å². The van der Waals surface area contributed by atoms with Gasteiger partial charge in [0.05, 0.1) is 28.6 Å². The van der Waals surface area contributed by atoms with Crippen LogP contribution in [0, 0.1) is 6.92 Å². The number of carbonyl (C=O) groups excluding carboxylic acids is 1. The van der Waals surface area contributed by atoms with E-state index in [-0.39, 0.29) is 23.9 Å². The van der Waals surface area contributed by atoms with Crippen molar-refractivity contribution in [1.29, 1.82) is 0 Å². The molecule has 3 heterocycles. The van der Waals surface area contributed by atoms with Crippen molar-refractivity contribution in [3.63, 3.8) is 0 Å². The maximum absolute atomic E-state index is 13.3. The Hall–Kier alpha value is -2.81. The van der Waals surface area contributed by atoms with E-state index in [0.717, 1.165) is 11.3 Å². The van der Waals surface area contributed by atoms with Crippen molar-refractivity contribution in [2.24, 2.45) is 0 Å². The van der Waals surface area contributed by atoms with Crippen molar-refractivity contribution in [3.05, 3.63) is 74.6 Å². The van der Waals surface area contributed by atoms with Crippen molar-refractivity contribution in [1.82, 2.24) is 19.3 Å². The van der Waals surface area contributed by atoms with Gasteiger partial charge in [0.25, 0.3) is 5.56 Å². The second kappa shape index (κ2) is 8.27. The first kappa shape index (κ1) is 21.1. The molecule has 0 aliphatic carbocycles. The van der Waals surface area contributed by atoms with E-state index in [1.807, 2.05) is 31.2 Å². The van der Waals surface area contributed by atoms with E-state index in [1.54, 1.807) is 27.4 Å². The number of aryl methyl sites for hydroxylation is 1. The van der Waals surface area contributed by atoms with Gasteiger partial charge < -0.3 is 5.32 Å². The van der Waals surface area contributed by atoms with Gasteiger partial charge in [0, 0.05) is 17.2 Å². The molecule has 0 saturated heterocycles. The summed E-state index contributed by atoms with van der Waals surface area (Å²) in [4.78, 5) is 30.6. The number of amides is 1. The number of fused-ring (bicyclic) bond motifs is 2. The number of halogens is 2.